The van der Waals surface area contributed by atoms with Gasteiger partial charge in [-0.2, -0.15) is 0 Å². The molecule has 0 saturated carbocycles. The minimum atomic E-state index is 0.152. The maximum atomic E-state index is 12.3. The summed E-state index contributed by atoms with van der Waals surface area (Å²) in [5, 5.41) is 3.22. The van der Waals surface area contributed by atoms with E-state index in [-0.39, 0.29) is 11.9 Å². The first-order chi connectivity index (χ1) is 13.8. The van der Waals surface area contributed by atoms with Gasteiger partial charge >= 0.3 is 0 Å². The summed E-state index contributed by atoms with van der Waals surface area (Å²) in [7, 11) is 0. The van der Waals surface area contributed by atoms with E-state index in [1.54, 1.807) is 18.1 Å². The molecule has 1 aromatic carbocycles. The topological polar surface area (TPSA) is 58.1 Å². The molecule has 6 heteroatoms. The Bertz CT molecular complexity index is 790. The number of carbonyl (C=O) groups excluding carboxylic acids is 1. The first-order valence-corrected chi connectivity index (χ1v) is 11.4. The monoisotopic (exact) mass is 396 g/mol. The maximum absolute atomic E-state index is 12.3. The zero-order chi connectivity index (χ0) is 19.2. The minimum Gasteiger partial charge on any atom is -0.356 e. The number of hydrogen-bond donors (Lipinski definition) is 1. The zero-order valence-corrected chi connectivity index (χ0v) is 17.1. The van der Waals surface area contributed by atoms with E-state index in [1.807, 2.05) is 18.2 Å². The lowest BCUT2D eigenvalue weighted by atomic mass is 9.95. The van der Waals surface area contributed by atoms with Gasteiger partial charge in [0.2, 0.25) is 5.91 Å². The Labute approximate surface area is 171 Å². The van der Waals surface area contributed by atoms with Gasteiger partial charge in [-0.1, -0.05) is 30.3 Å². The van der Waals surface area contributed by atoms with Crippen molar-refractivity contribution in [2.24, 2.45) is 0 Å². The van der Waals surface area contributed by atoms with Crippen molar-refractivity contribution in [3.8, 4) is 0 Å². The van der Waals surface area contributed by atoms with Crippen molar-refractivity contribution in [1.29, 1.82) is 0 Å². The molecule has 0 spiro atoms. The highest BCUT2D eigenvalue weighted by Crippen LogP contribution is 2.28. The van der Waals surface area contributed by atoms with Crippen molar-refractivity contribution in [2.75, 3.05) is 23.7 Å². The molecule has 1 fully saturated rings. The molecule has 1 amide bonds. The number of nitrogens with one attached hydrogen (secondary N) is 1. The molecule has 1 aliphatic heterocycles. The quantitative estimate of drug-likeness (QED) is 0.811. The molecule has 2 aliphatic rings. The van der Waals surface area contributed by atoms with Crippen LogP contribution < -0.4 is 10.2 Å². The third kappa shape index (κ3) is 4.85. The van der Waals surface area contributed by atoms with Gasteiger partial charge in [-0.25, -0.2) is 9.97 Å². The van der Waals surface area contributed by atoms with Crippen LogP contribution in [-0.2, 0) is 23.4 Å². The van der Waals surface area contributed by atoms with Gasteiger partial charge in [0.1, 0.15) is 12.1 Å². The molecule has 0 unspecified atom stereocenters. The van der Waals surface area contributed by atoms with Gasteiger partial charge in [-0.15, -0.1) is 11.8 Å². The van der Waals surface area contributed by atoms with Crippen LogP contribution in [0.25, 0.3) is 0 Å². The van der Waals surface area contributed by atoms with Crippen LogP contribution in [0.5, 0.6) is 0 Å². The molecule has 148 valence electrons. The van der Waals surface area contributed by atoms with Crippen LogP contribution in [0.15, 0.2) is 36.7 Å². The molecule has 28 heavy (non-hydrogen) atoms. The molecule has 1 N–H and O–H groups in total. The number of nitrogens with zero attached hydrogens (tertiary/aromatic N) is 3. The minimum absolute atomic E-state index is 0.152. The van der Waals surface area contributed by atoms with Crippen LogP contribution in [0.1, 0.15) is 42.5 Å². The Hall–Kier alpha value is -2.08. The third-order valence-corrected chi connectivity index (χ3v) is 6.61. The number of rotatable bonds is 6. The number of thioether (sulfide) groups is 1. The highest BCUT2D eigenvalue weighted by molar-refractivity contribution is 7.99. The van der Waals surface area contributed by atoms with Crippen LogP contribution in [-0.4, -0.2) is 40.8 Å². The van der Waals surface area contributed by atoms with Crippen molar-refractivity contribution < 1.29 is 4.79 Å². The van der Waals surface area contributed by atoms with Crippen molar-refractivity contribution in [1.82, 2.24) is 15.3 Å². The van der Waals surface area contributed by atoms with Crippen molar-refractivity contribution >= 4 is 23.5 Å². The van der Waals surface area contributed by atoms with E-state index in [0.29, 0.717) is 5.75 Å². The largest absolute Gasteiger partial charge is 0.356 e. The summed E-state index contributed by atoms with van der Waals surface area (Å²) in [6.45, 7) is 1.90. The molecule has 1 aliphatic carbocycles. The number of carbonyl (C=O) groups is 1. The fraction of sp³-hybridized carbons (Fsp3) is 0.500. The Morgan fingerprint density at radius 2 is 1.89 bits per heavy atom. The van der Waals surface area contributed by atoms with E-state index < -0.39 is 0 Å². The Morgan fingerprint density at radius 1 is 1.11 bits per heavy atom. The van der Waals surface area contributed by atoms with Crippen LogP contribution in [0, 0.1) is 0 Å². The molecule has 2 aromatic rings. The third-order valence-electron chi connectivity index (χ3n) is 5.61. The standard InChI is InChI=1S/C22H28N4OS/c27-21(15-28-14-17-6-2-1-3-7-17)25-18-10-12-26(13-11-18)22-19-8-4-5-9-20(19)23-16-24-22/h1-3,6-7,16,18H,4-5,8-15H2,(H,25,27). The average Bonchev–Trinajstić information content (AvgIpc) is 2.75. The first-order valence-electron chi connectivity index (χ1n) is 10.3. The summed E-state index contributed by atoms with van der Waals surface area (Å²) >= 11 is 1.68. The summed E-state index contributed by atoms with van der Waals surface area (Å²) in [5.74, 6) is 2.69. The molecular weight excluding hydrogens is 368 g/mol. The van der Waals surface area contributed by atoms with E-state index >= 15 is 0 Å². The van der Waals surface area contributed by atoms with E-state index in [0.717, 1.165) is 50.3 Å². The Kier molecular flexibility index (Phi) is 6.47. The molecule has 0 atom stereocenters. The van der Waals surface area contributed by atoms with Gasteiger partial charge in [0, 0.05) is 36.1 Å². The van der Waals surface area contributed by atoms with Crippen LogP contribution in [0.3, 0.4) is 0 Å². The number of aryl methyl sites for hydroxylation is 1. The normalized spacial score (nSPS) is 17.2. The highest BCUT2D eigenvalue weighted by Gasteiger charge is 2.25. The second-order valence-electron chi connectivity index (χ2n) is 7.64. The van der Waals surface area contributed by atoms with Crippen molar-refractivity contribution in [3.05, 3.63) is 53.5 Å². The predicted octanol–water partition coefficient (Wildman–Crippen LogP) is 3.37. The summed E-state index contributed by atoms with van der Waals surface area (Å²) in [4.78, 5) is 23.7. The van der Waals surface area contributed by atoms with Gasteiger partial charge in [0.25, 0.3) is 0 Å². The summed E-state index contributed by atoms with van der Waals surface area (Å²) < 4.78 is 0. The van der Waals surface area contributed by atoms with Gasteiger partial charge in [0.15, 0.2) is 0 Å². The molecule has 2 heterocycles. The molecule has 5 nitrogen and oxygen atoms in total. The lowest BCUT2D eigenvalue weighted by molar-refractivity contribution is -0.119. The fourth-order valence-electron chi connectivity index (χ4n) is 4.12. The molecular formula is C22H28N4OS. The number of hydrogen-bond acceptors (Lipinski definition) is 5. The van der Waals surface area contributed by atoms with Gasteiger partial charge in [-0.3, -0.25) is 4.79 Å². The van der Waals surface area contributed by atoms with E-state index in [9.17, 15) is 4.79 Å². The molecule has 1 aromatic heterocycles. The number of piperidine rings is 1. The van der Waals surface area contributed by atoms with E-state index in [2.05, 4.69) is 32.3 Å². The maximum Gasteiger partial charge on any atom is 0.230 e. The lowest BCUT2D eigenvalue weighted by Crippen LogP contribution is -2.45. The Morgan fingerprint density at radius 3 is 2.71 bits per heavy atom. The number of benzene rings is 1. The van der Waals surface area contributed by atoms with Crippen LogP contribution in [0.4, 0.5) is 5.82 Å². The van der Waals surface area contributed by atoms with Crippen molar-refractivity contribution in [3.63, 3.8) is 0 Å². The van der Waals surface area contributed by atoms with E-state index in [4.69, 9.17) is 0 Å². The Balaban J connectivity index is 1.23. The molecule has 0 radical (unpaired) electrons. The lowest BCUT2D eigenvalue weighted by Gasteiger charge is -2.35. The summed E-state index contributed by atoms with van der Waals surface area (Å²) in [6, 6.07) is 10.6. The van der Waals surface area contributed by atoms with Crippen LogP contribution >= 0.6 is 11.8 Å². The molecule has 1 saturated heterocycles. The van der Waals surface area contributed by atoms with Crippen LogP contribution in [0.2, 0.25) is 0 Å². The highest BCUT2D eigenvalue weighted by atomic mass is 32.2. The first kappa shape index (κ1) is 19.2. The second kappa shape index (κ2) is 9.41. The number of amides is 1. The SMILES string of the molecule is O=C(CSCc1ccccc1)NC1CCN(c2ncnc3c2CCCC3)CC1. The number of anilines is 1. The van der Waals surface area contributed by atoms with Crippen molar-refractivity contribution in [2.45, 2.75) is 50.3 Å². The van der Waals surface area contributed by atoms with Gasteiger partial charge < -0.3 is 10.2 Å². The molecule has 0 bridgehead atoms. The van der Waals surface area contributed by atoms with Gasteiger partial charge in [0.05, 0.1) is 5.75 Å². The fourth-order valence-corrected chi connectivity index (χ4v) is 4.92. The van der Waals surface area contributed by atoms with Gasteiger partial charge in [-0.05, 0) is 44.1 Å². The predicted molar refractivity (Wildman–Crippen MR) is 115 cm³/mol. The summed E-state index contributed by atoms with van der Waals surface area (Å²) in [6.07, 6.45) is 8.33. The summed E-state index contributed by atoms with van der Waals surface area (Å²) in [5.41, 5.74) is 3.86. The molecule has 4 rings (SSSR count). The zero-order valence-electron chi connectivity index (χ0n) is 16.3. The number of aromatic nitrogens is 2. The number of fused-ring (bicyclic) bond motifs is 1. The second-order valence-corrected chi connectivity index (χ2v) is 8.62. The van der Waals surface area contributed by atoms with E-state index in [1.165, 1.54) is 29.7 Å². The average molecular weight is 397 g/mol. The smallest absolute Gasteiger partial charge is 0.230 e.